The summed E-state index contributed by atoms with van der Waals surface area (Å²) in [5.41, 5.74) is 4.36. The first-order valence-electron chi connectivity index (χ1n) is 10.3. The second-order valence-corrected chi connectivity index (χ2v) is 7.68. The standard InChI is InChI=1S/C26H20F3N3O/c1-17-24(16-31-25(33)32(17)21-6-4-5-20(15-21)26(27,28)29)23-8-3-2-7-22(23)19-11-9-18(10-12-19)13-14-30/h2-12,15H,13,16H2,1H3,(H,31,33). The van der Waals surface area contributed by atoms with Gasteiger partial charge < -0.3 is 5.32 Å². The van der Waals surface area contributed by atoms with E-state index in [2.05, 4.69) is 11.4 Å². The van der Waals surface area contributed by atoms with Gasteiger partial charge in [-0.25, -0.2) is 4.79 Å². The third kappa shape index (κ3) is 4.46. The lowest BCUT2D eigenvalue weighted by Gasteiger charge is -2.32. The summed E-state index contributed by atoms with van der Waals surface area (Å²) in [7, 11) is 0. The van der Waals surface area contributed by atoms with Gasteiger partial charge in [-0.2, -0.15) is 18.4 Å². The molecule has 0 bridgehead atoms. The molecule has 0 aliphatic carbocycles. The van der Waals surface area contributed by atoms with Gasteiger partial charge in [0.05, 0.1) is 23.7 Å². The van der Waals surface area contributed by atoms with Crippen LogP contribution in [-0.4, -0.2) is 12.6 Å². The molecule has 3 aromatic carbocycles. The van der Waals surface area contributed by atoms with Crippen molar-refractivity contribution in [1.82, 2.24) is 5.32 Å². The fourth-order valence-electron chi connectivity index (χ4n) is 3.97. The Balaban J connectivity index is 1.79. The van der Waals surface area contributed by atoms with Gasteiger partial charge >= 0.3 is 12.2 Å². The van der Waals surface area contributed by atoms with Gasteiger partial charge in [0.25, 0.3) is 0 Å². The Morgan fingerprint density at radius 2 is 1.70 bits per heavy atom. The molecule has 3 aromatic rings. The molecular formula is C26H20F3N3O. The highest BCUT2D eigenvalue weighted by Gasteiger charge is 2.33. The minimum absolute atomic E-state index is 0.148. The molecule has 0 atom stereocenters. The van der Waals surface area contributed by atoms with Crippen LogP contribution in [0.15, 0.2) is 78.5 Å². The van der Waals surface area contributed by atoms with Crippen molar-refractivity contribution in [2.24, 2.45) is 0 Å². The molecule has 2 amide bonds. The molecule has 0 unspecified atom stereocenters. The maximum Gasteiger partial charge on any atom is 0.416 e. The minimum Gasteiger partial charge on any atom is -0.333 e. The predicted molar refractivity (Wildman–Crippen MR) is 121 cm³/mol. The smallest absolute Gasteiger partial charge is 0.333 e. The number of hydrogen-bond donors (Lipinski definition) is 1. The molecule has 1 aliphatic heterocycles. The first-order chi connectivity index (χ1) is 15.8. The molecule has 0 saturated heterocycles. The second-order valence-electron chi connectivity index (χ2n) is 7.68. The summed E-state index contributed by atoms with van der Waals surface area (Å²) in [5.74, 6) is 0. The van der Waals surface area contributed by atoms with Gasteiger partial charge in [-0.15, -0.1) is 0 Å². The number of anilines is 1. The van der Waals surface area contributed by atoms with Crippen molar-refractivity contribution in [3.8, 4) is 17.2 Å². The molecule has 1 aliphatic rings. The Morgan fingerprint density at radius 3 is 2.36 bits per heavy atom. The van der Waals surface area contributed by atoms with Crippen molar-refractivity contribution in [3.05, 3.63) is 95.2 Å². The highest BCUT2D eigenvalue weighted by atomic mass is 19.4. The van der Waals surface area contributed by atoms with E-state index in [0.717, 1.165) is 40.0 Å². The predicted octanol–water partition coefficient (Wildman–Crippen LogP) is 6.40. The fraction of sp³-hybridized carbons (Fsp3) is 0.154. The highest BCUT2D eigenvalue weighted by molar-refractivity contribution is 6.02. The van der Waals surface area contributed by atoms with Gasteiger partial charge in [-0.3, -0.25) is 4.90 Å². The van der Waals surface area contributed by atoms with Crippen LogP contribution in [-0.2, 0) is 12.6 Å². The molecule has 0 fully saturated rings. The minimum atomic E-state index is -4.51. The summed E-state index contributed by atoms with van der Waals surface area (Å²) in [6.45, 7) is 1.99. The number of amides is 2. The van der Waals surface area contributed by atoms with Crippen LogP contribution < -0.4 is 10.2 Å². The van der Waals surface area contributed by atoms with E-state index in [-0.39, 0.29) is 12.2 Å². The maximum atomic E-state index is 13.2. The zero-order valence-electron chi connectivity index (χ0n) is 17.8. The number of carbonyl (C=O) groups is 1. The Bertz CT molecular complexity index is 1270. The first kappa shape index (κ1) is 22.2. The molecule has 0 spiro atoms. The Hall–Kier alpha value is -4.05. The molecule has 33 heavy (non-hydrogen) atoms. The molecule has 7 heteroatoms. The highest BCUT2D eigenvalue weighted by Crippen LogP contribution is 2.37. The van der Waals surface area contributed by atoms with Crippen molar-refractivity contribution < 1.29 is 18.0 Å². The number of nitrogens with one attached hydrogen (secondary N) is 1. The van der Waals surface area contributed by atoms with Crippen molar-refractivity contribution in [1.29, 1.82) is 5.26 Å². The van der Waals surface area contributed by atoms with E-state index in [1.165, 1.54) is 17.0 Å². The quantitative estimate of drug-likeness (QED) is 0.503. The second kappa shape index (κ2) is 8.83. The molecule has 4 rings (SSSR count). The van der Waals surface area contributed by atoms with E-state index < -0.39 is 17.8 Å². The molecular weight excluding hydrogens is 427 g/mol. The Morgan fingerprint density at radius 1 is 1.00 bits per heavy atom. The monoisotopic (exact) mass is 447 g/mol. The zero-order chi connectivity index (χ0) is 23.6. The third-order valence-corrected chi connectivity index (χ3v) is 5.62. The van der Waals surface area contributed by atoms with Crippen LogP contribution in [0.3, 0.4) is 0 Å². The molecule has 1 heterocycles. The number of benzene rings is 3. The first-order valence-corrected chi connectivity index (χ1v) is 10.3. The normalized spacial score (nSPS) is 14.2. The summed E-state index contributed by atoms with van der Waals surface area (Å²) in [6.07, 6.45) is -4.18. The van der Waals surface area contributed by atoms with Crippen LogP contribution in [0.5, 0.6) is 0 Å². The number of nitrogens with zero attached hydrogens (tertiary/aromatic N) is 2. The van der Waals surface area contributed by atoms with E-state index in [9.17, 15) is 18.0 Å². The van der Waals surface area contributed by atoms with Crippen LogP contribution in [0, 0.1) is 11.3 Å². The lowest BCUT2D eigenvalue weighted by molar-refractivity contribution is -0.137. The van der Waals surface area contributed by atoms with Gasteiger partial charge in [0, 0.05) is 12.2 Å². The lowest BCUT2D eigenvalue weighted by atomic mass is 9.92. The van der Waals surface area contributed by atoms with Gasteiger partial charge in [0.15, 0.2) is 0 Å². The number of rotatable bonds is 4. The average molecular weight is 447 g/mol. The summed E-state index contributed by atoms with van der Waals surface area (Å²) < 4.78 is 39.7. The summed E-state index contributed by atoms with van der Waals surface area (Å²) in [5, 5.41) is 11.7. The van der Waals surface area contributed by atoms with Gasteiger partial charge in [0.2, 0.25) is 0 Å². The molecule has 0 saturated carbocycles. The molecule has 1 N–H and O–H groups in total. The Kier molecular flexibility index (Phi) is 5.93. The van der Waals surface area contributed by atoms with Crippen molar-refractivity contribution in [2.75, 3.05) is 11.4 Å². The van der Waals surface area contributed by atoms with Crippen LogP contribution in [0.2, 0.25) is 0 Å². The van der Waals surface area contributed by atoms with Gasteiger partial charge in [-0.1, -0.05) is 54.6 Å². The molecule has 0 aromatic heterocycles. The van der Waals surface area contributed by atoms with Crippen LogP contribution in [0.25, 0.3) is 16.7 Å². The third-order valence-electron chi connectivity index (χ3n) is 5.62. The van der Waals surface area contributed by atoms with E-state index in [0.29, 0.717) is 12.1 Å². The molecule has 166 valence electrons. The summed E-state index contributed by atoms with van der Waals surface area (Å²) in [6, 6.07) is 21.7. The lowest BCUT2D eigenvalue weighted by Crippen LogP contribution is -2.44. The van der Waals surface area contributed by atoms with Crippen LogP contribution in [0.1, 0.15) is 23.6 Å². The van der Waals surface area contributed by atoms with Crippen molar-refractivity contribution in [2.45, 2.75) is 19.5 Å². The molecule has 0 radical (unpaired) electrons. The SMILES string of the molecule is CC1=C(c2ccccc2-c2ccc(CC#N)cc2)CNC(=O)N1c1cccc(C(F)(F)F)c1. The van der Waals surface area contributed by atoms with E-state index in [4.69, 9.17) is 5.26 Å². The number of allylic oxidation sites excluding steroid dienone is 1. The number of carbonyl (C=O) groups excluding carboxylic acids is 1. The number of hydrogen-bond acceptors (Lipinski definition) is 2. The number of nitriles is 1. The number of halogens is 3. The number of alkyl halides is 3. The number of urea groups is 1. The zero-order valence-corrected chi connectivity index (χ0v) is 17.8. The summed E-state index contributed by atoms with van der Waals surface area (Å²) in [4.78, 5) is 13.9. The maximum absolute atomic E-state index is 13.2. The van der Waals surface area contributed by atoms with E-state index >= 15 is 0 Å². The topological polar surface area (TPSA) is 56.1 Å². The van der Waals surface area contributed by atoms with Crippen molar-refractivity contribution >= 4 is 17.3 Å². The average Bonchev–Trinajstić information content (AvgIpc) is 2.80. The Labute approximate surface area is 189 Å². The van der Waals surface area contributed by atoms with E-state index in [1.54, 1.807) is 6.92 Å². The largest absolute Gasteiger partial charge is 0.416 e. The van der Waals surface area contributed by atoms with E-state index in [1.807, 2.05) is 48.5 Å². The van der Waals surface area contributed by atoms with Gasteiger partial charge in [-0.05, 0) is 52.9 Å². The molecule has 4 nitrogen and oxygen atoms in total. The summed E-state index contributed by atoms with van der Waals surface area (Å²) >= 11 is 0. The van der Waals surface area contributed by atoms with Crippen LogP contribution >= 0.6 is 0 Å². The van der Waals surface area contributed by atoms with Crippen LogP contribution in [0.4, 0.5) is 23.7 Å². The van der Waals surface area contributed by atoms with Gasteiger partial charge in [0.1, 0.15) is 0 Å². The van der Waals surface area contributed by atoms with Crippen molar-refractivity contribution in [3.63, 3.8) is 0 Å². The fourth-order valence-corrected chi connectivity index (χ4v) is 3.97.